The molecule has 0 fully saturated rings. The number of ether oxygens (including phenoxy) is 4. The zero-order valence-corrected chi connectivity index (χ0v) is 28.7. The van der Waals surface area contributed by atoms with Crippen molar-refractivity contribution in [2.45, 2.75) is 156 Å². The number of nitrogens with one attached hydrogen (secondary N) is 3. The lowest BCUT2D eigenvalue weighted by Crippen LogP contribution is -2.50. The highest BCUT2D eigenvalue weighted by Crippen LogP contribution is 2.30. The van der Waals surface area contributed by atoms with Gasteiger partial charge in [0.2, 0.25) is 0 Å². The van der Waals surface area contributed by atoms with E-state index in [4.69, 9.17) is 18.9 Å². The van der Waals surface area contributed by atoms with Gasteiger partial charge in [0.15, 0.2) is 0 Å². The molecule has 0 spiro atoms. The Kier molecular flexibility index (Phi) is 13.9. The highest BCUT2D eigenvalue weighted by Gasteiger charge is 2.32. The molecule has 1 aliphatic heterocycles. The molecule has 3 N–H and O–H groups in total. The summed E-state index contributed by atoms with van der Waals surface area (Å²) < 4.78 is 24.7. The van der Waals surface area contributed by atoms with Crippen LogP contribution < -0.4 is 16.3 Å². The van der Waals surface area contributed by atoms with Crippen molar-refractivity contribution in [3.05, 3.63) is 11.9 Å². The molecule has 0 unspecified atom stereocenters. The fraction of sp³-hybridized carbons (Fsp3) is 0.938. The van der Waals surface area contributed by atoms with Gasteiger partial charge in [-0.2, -0.15) is 0 Å². The quantitative estimate of drug-likeness (QED) is 0.140. The van der Waals surface area contributed by atoms with Crippen LogP contribution >= 0.6 is 0 Å². The van der Waals surface area contributed by atoms with Gasteiger partial charge < -0.3 is 24.4 Å². The van der Waals surface area contributed by atoms with Crippen LogP contribution in [0.4, 0.5) is 0 Å². The Morgan fingerprint density at radius 3 is 1.60 bits per heavy atom. The second kappa shape index (κ2) is 15.0. The molecule has 8 heteroatoms. The maximum absolute atomic E-state index is 6.30. The number of rotatable bonds is 20. The number of hydrogen-bond acceptors (Lipinski definition) is 8. The molecule has 0 aliphatic carbocycles. The van der Waals surface area contributed by atoms with Crippen molar-refractivity contribution in [3.63, 3.8) is 0 Å². The Hall–Kier alpha value is -0.900. The third-order valence-electron chi connectivity index (χ3n) is 7.71. The Balaban J connectivity index is 2.47. The summed E-state index contributed by atoms with van der Waals surface area (Å²) in [5.41, 5.74) is 7.02. The summed E-state index contributed by atoms with van der Waals surface area (Å²) in [7, 11) is 1.89. The Morgan fingerprint density at radius 1 is 0.625 bits per heavy atom. The van der Waals surface area contributed by atoms with Gasteiger partial charge in [0.05, 0.1) is 60.2 Å². The van der Waals surface area contributed by atoms with Gasteiger partial charge in [0.1, 0.15) is 0 Å². The Morgan fingerprint density at radius 2 is 1.10 bits per heavy atom. The van der Waals surface area contributed by atoms with Crippen molar-refractivity contribution in [1.82, 2.24) is 21.3 Å². The Labute approximate surface area is 247 Å². The molecule has 0 bridgehead atoms. The number of nitrogens with zero attached hydrogens (tertiary/aromatic N) is 1. The maximum atomic E-state index is 6.30. The van der Waals surface area contributed by atoms with Crippen molar-refractivity contribution in [2.24, 2.45) is 5.41 Å². The van der Waals surface area contributed by atoms with Gasteiger partial charge in [0, 0.05) is 6.20 Å². The summed E-state index contributed by atoms with van der Waals surface area (Å²) in [4.78, 5) is 0. The fourth-order valence-corrected chi connectivity index (χ4v) is 4.13. The van der Waals surface area contributed by atoms with Crippen LogP contribution in [0.1, 0.15) is 129 Å². The predicted molar refractivity (Wildman–Crippen MR) is 167 cm³/mol. The van der Waals surface area contributed by atoms with Crippen molar-refractivity contribution >= 4 is 0 Å². The van der Waals surface area contributed by atoms with E-state index in [9.17, 15) is 0 Å². The second-order valence-corrected chi connectivity index (χ2v) is 15.8. The predicted octanol–water partition coefficient (Wildman–Crippen LogP) is 6.68. The van der Waals surface area contributed by atoms with Crippen molar-refractivity contribution < 1.29 is 18.9 Å². The van der Waals surface area contributed by atoms with E-state index in [0.29, 0.717) is 32.0 Å². The van der Waals surface area contributed by atoms with E-state index >= 15 is 0 Å². The van der Waals surface area contributed by atoms with Gasteiger partial charge in [-0.05, 0) is 120 Å². The highest BCUT2D eigenvalue weighted by molar-refractivity contribution is 5.06. The standard InChI is InChI=1S/C32H66N4O4/c1-27(2,3)15-17-29(6,7)37-21-19-31(10,11)39-24-26-23-36(35-34-26)28(4,5)16-18-30(8,9)38-22-20-32(12,13)40-25-33-14/h23,33-35H,15-22,24-25H2,1-14H3. The number of hydrogen-bond donors (Lipinski definition) is 3. The van der Waals surface area contributed by atoms with E-state index in [-0.39, 0.29) is 27.9 Å². The first-order valence-electron chi connectivity index (χ1n) is 15.3. The van der Waals surface area contributed by atoms with Crippen LogP contribution in [0.5, 0.6) is 0 Å². The average molecular weight is 571 g/mol. The van der Waals surface area contributed by atoms with Gasteiger partial charge >= 0.3 is 0 Å². The fourth-order valence-electron chi connectivity index (χ4n) is 4.13. The van der Waals surface area contributed by atoms with E-state index in [1.54, 1.807) is 0 Å². The van der Waals surface area contributed by atoms with E-state index < -0.39 is 0 Å². The molecule has 0 saturated heterocycles. The highest BCUT2D eigenvalue weighted by atomic mass is 16.5. The van der Waals surface area contributed by atoms with Crippen LogP contribution in [0.25, 0.3) is 0 Å². The zero-order valence-electron chi connectivity index (χ0n) is 28.7. The number of hydrazine groups is 2. The molecule has 40 heavy (non-hydrogen) atoms. The molecule has 1 aliphatic rings. The minimum Gasteiger partial charge on any atom is -0.375 e. The molecule has 0 radical (unpaired) electrons. The Bertz CT molecular complexity index is 769. The van der Waals surface area contributed by atoms with Gasteiger partial charge in [-0.25, -0.2) is 0 Å². The first kappa shape index (κ1) is 37.1. The first-order chi connectivity index (χ1) is 18.1. The molecule has 0 saturated carbocycles. The molecular formula is C32H66N4O4. The second-order valence-electron chi connectivity index (χ2n) is 15.8. The lowest BCUT2D eigenvalue weighted by molar-refractivity contribution is -0.0807. The molecule has 238 valence electrons. The monoisotopic (exact) mass is 571 g/mol. The van der Waals surface area contributed by atoms with Gasteiger partial charge in [-0.15, -0.1) is 5.53 Å². The largest absolute Gasteiger partial charge is 0.375 e. The maximum Gasteiger partial charge on any atom is 0.0970 e. The van der Waals surface area contributed by atoms with Gasteiger partial charge in [-0.3, -0.25) is 10.3 Å². The topological polar surface area (TPSA) is 76.2 Å². The lowest BCUT2D eigenvalue weighted by Gasteiger charge is -2.37. The third-order valence-corrected chi connectivity index (χ3v) is 7.71. The van der Waals surface area contributed by atoms with Crippen LogP contribution in [0.3, 0.4) is 0 Å². The van der Waals surface area contributed by atoms with Gasteiger partial charge in [-0.1, -0.05) is 20.8 Å². The molecule has 0 amide bonds. The lowest BCUT2D eigenvalue weighted by atomic mass is 9.86. The summed E-state index contributed by atoms with van der Waals surface area (Å²) >= 11 is 0. The van der Waals surface area contributed by atoms with Crippen LogP contribution in [0, 0.1) is 5.41 Å². The van der Waals surface area contributed by atoms with Crippen LogP contribution in [0.15, 0.2) is 11.9 Å². The summed E-state index contributed by atoms with van der Waals surface area (Å²) in [6.45, 7) is 31.0. The zero-order chi connectivity index (χ0) is 30.9. The molecular weight excluding hydrogens is 504 g/mol. The molecule has 0 atom stereocenters. The van der Waals surface area contributed by atoms with E-state index in [2.05, 4.69) is 117 Å². The smallest absolute Gasteiger partial charge is 0.0970 e. The third kappa shape index (κ3) is 15.9. The first-order valence-corrected chi connectivity index (χ1v) is 15.3. The SMILES string of the molecule is CNCOC(C)(C)CCOC(C)(C)CCC(C)(C)N1C=C(COC(C)(C)CCOC(C)(C)CCC(C)(C)C)NN1. The minimum atomic E-state index is -0.278. The minimum absolute atomic E-state index is 0.105. The summed E-state index contributed by atoms with van der Waals surface area (Å²) in [6.07, 6.45) is 7.92. The van der Waals surface area contributed by atoms with Crippen molar-refractivity contribution in [1.29, 1.82) is 0 Å². The van der Waals surface area contributed by atoms with E-state index in [1.165, 1.54) is 0 Å². The molecule has 8 nitrogen and oxygen atoms in total. The summed E-state index contributed by atoms with van der Waals surface area (Å²) in [5, 5.41) is 5.18. The summed E-state index contributed by atoms with van der Waals surface area (Å²) in [6, 6.07) is 0. The molecule has 0 aromatic heterocycles. The molecule has 0 aromatic carbocycles. The molecule has 0 aromatic rings. The van der Waals surface area contributed by atoms with Crippen LogP contribution in [0.2, 0.25) is 0 Å². The summed E-state index contributed by atoms with van der Waals surface area (Å²) in [5.74, 6) is 0. The molecule has 1 heterocycles. The normalized spacial score (nSPS) is 15.9. The van der Waals surface area contributed by atoms with Crippen molar-refractivity contribution in [3.8, 4) is 0 Å². The van der Waals surface area contributed by atoms with Crippen molar-refractivity contribution in [2.75, 3.05) is 33.6 Å². The van der Waals surface area contributed by atoms with E-state index in [1.807, 2.05) is 7.05 Å². The van der Waals surface area contributed by atoms with Crippen LogP contribution in [-0.4, -0.2) is 66.6 Å². The average Bonchev–Trinajstić information content (AvgIpc) is 3.29. The van der Waals surface area contributed by atoms with Crippen LogP contribution in [-0.2, 0) is 18.9 Å². The molecule has 1 rings (SSSR count). The van der Waals surface area contributed by atoms with E-state index in [0.717, 1.165) is 44.2 Å². The van der Waals surface area contributed by atoms with Gasteiger partial charge in [0.25, 0.3) is 0 Å².